The van der Waals surface area contributed by atoms with Crippen LogP contribution in [0, 0.1) is 0 Å². The van der Waals surface area contributed by atoms with Gasteiger partial charge in [0.25, 0.3) is 0 Å². The van der Waals surface area contributed by atoms with E-state index in [1.165, 1.54) is 12.8 Å². The Morgan fingerprint density at radius 3 is 2.60 bits per heavy atom. The number of ether oxygens (including phenoxy) is 1. The van der Waals surface area contributed by atoms with Gasteiger partial charge in [0.2, 0.25) is 0 Å². The molecule has 0 spiro atoms. The molecule has 5 nitrogen and oxygen atoms in total. The largest absolute Gasteiger partial charge is 0.383 e. The lowest BCUT2D eigenvalue weighted by molar-refractivity contribution is 0.170. The molecular weight excluding hydrogens is 252 g/mol. The monoisotopic (exact) mass is 278 g/mol. The molecular formula is C15H26N4O. The van der Waals surface area contributed by atoms with Gasteiger partial charge in [0.05, 0.1) is 24.7 Å². The van der Waals surface area contributed by atoms with E-state index in [-0.39, 0.29) is 0 Å². The predicted octanol–water partition coefficient (Wildman–Crippen LogP) is 2.12. The summed E-state index contributed by atoms with van der Waals surface area (Å²) in [6.07, 6.45) is 6.12. The Morgan fingerprint density at radius 2 is 2.05 bits per heavy atom. The van der Waals surface area contributed by atoms with Gasteiger partial charge in [0.15, 0.2) is 0 Å². The summed E-state index contributed by atoms with van der Waals surface area (Å²) < 4.78 is 5.00. The highest BCUT2D eigenvalue weighted by atomic mass is 16.5. The lowest BCUT2D eigenvalue weighted by Gasteiger charge is -2.34. The van der Waals surface area contributed by atoms with Crippen molar-refractivity contribution in [2.45, 2.75) is 38.6 Å². The van der Waals surface area contributed by atoms with Crippen LogP contribution in [0.5, 0.6) is 0 Å². The molecule has 0 saturated carbocycles. The van der Waals surface area contributed by atoms with Crippen molar-refractivity contribution in [3.63, 3.8) is 0 Å². The first-order valence-corrected chi connectivity index (χ1v) is 7.49. The molecule has 2 rings (SSSR count). The van der Waals surface area contributed by atoms with Gasteiger partial charge in [-0.2, -0.15) is 0 Å². The van der Waals surface area contributed by atoms with E-state index in [2.05, 4.69) is 34.0 Å². The van der Waals surface area contributed by atoms with Gasteiger partial charge in [-0.25, -0.2) is 4.98 Å². The van der Waals surface area contributed by atoms with Crippen LogP contribution in [0.1, 0.15) is 38.3 Å². The third-order valence-corrected chi connectivity index (χ3v) is 3.96. The Hall–Kier alpha value is -1.20. The van der Waals surface area contributed by atoms with Crippen molar-refractivity contribution in [1.29, 1.82) is 0 Å². The van der Waals surface area contributed by atoms with Crippen molar-refractivity contribution in [1.82, 2.24) is 14.9 Å². The number of hydrogen-bond acceptors (Lipinski definition) is 5. The third-order valence-electron chi connectivity index (χ3n) is 3.96. The molecule has 1 aliphatic rings. The summed E-state index contributed by atoms with van der Waals surface area (Å²) in [5, 5.41) is 3.19. The van der Waals surface area contributed by atoms with Crippen LogP contribution in [0.3, 0.4) is 0 Å². The van der Waals surface area contributed by atoms with Gasteiger partial charge in [-0.15, -0.1) is 0 Å². The van der Waals surface area contributed by atoms with Gasteiger partial charge in [-0.05, 0) is 39.8 Å². The predicted molar refractivity (Wildman–Crippen MR) is 81.1 cm³/mol. The van der Waals surface area contributed by atoms with Crippen molar-refractivity contribution in [3.05, 3.63) is 18.1 Å². The maximum Gasteiger partial charge on any atom is 0.144 e. The Kier molecular flexibility index (Phi) is 5.73. The first-order valence-electron chi connectivity index (χ1n) is 7.49. The van der Waals surface area contributed by atoms with Crippen LogP contribution in [0.2, 0.25) is 0 Å². The van der Waals surface area contributed by atoms with Gasteiger partial charge in [-0.3, -0.25) is 4.98 Å². The molecule has 20 heavy (non-hydrogen) atoms. The van der Waals surface area contributed by atoms with E-state index in [0.717, 1.165) is 31.1 Å². The Bertz CT molecular complexity index is 385. The number of piperidine rings is 1. The average molecular weight is 278 g/mol. The van der Waals surface area contributed by atoms with Crippen LogP contribution < -0.4 is 5.32 Å². The van der Waals surface area contributed by atoms with Gasteiger partial charge in [0, 0.05) is 25.6 Å². The second-order valence-corrected chi connectivity index (χ2v) is 5.65. The molecule has 112 valence electrons. The number of anilines is 1. The minimum atomic E-state index is 0.561. The van der Waals surface area contributed by atoms with E-state index >= 15 is 0 Å². The number of hydrogen-bond donors (Lipinski definition) is 1. The molecule has 1 aromatic heterocycles. The number of likely N-dealkylation sites (tertiary alicyclic amines) is 1. The molecule has 0 amide bonds. The lowest BCUT2D eigenvalue weighted by atomic mass is 9.93. The van der Waals surface area contributed by atoms with Crippen LogP contribution >= 0.6 is 0 Å². The van der Waals surface area contributed by atoms with Crippen LogP contribution in [0.15, 0.2) is 12.4 Å². The van der Waals surface area contributed by atoms with E-state index < -0.39 is 0 Å². The number of nitrogens with zero attached hydrogens (tertiary/aromatic N) is 3. The van der Waals surface area contributed by atoms with Gasteiger partial charge < -0.3 is 15.0 Å². The zero-order valence-corrected chi connectivity index (χ0v) is 12.8. The quantitative estimate of drug-likeness (QED) is 0.808. The number of methoxy groups -OCH3 is 1. The molecule has 0 aromatic carbocycles. The van der Waals surface area contributed by atoms with E-state index in [1.54, 1.807) is 7.11 Å². The van der Waals surface area contributed by atoms with E-state index in [9.17, 15) is 0 Å². The van der Waals surface area contributed by atoms with E-state index in [4.69, 9.17) is 4.74 Å². The summed E-state index contributed by atoms with van der Waals surface area (Å²) in [5.41, 5.74) is 1.13. The van der Waals surface area contributed by atoms with E-state index in [1.807, 2.05) is 12.4 Å². The van der Waals surface area contributed by atoms with Gasteiger partial charge in [0.1, 0.15) is 5.82 Å². The Balaban J connectivity index is 1.84. The molecule has 1 saturated heterocycles. The second kappa shape index (κ2) is 7.55. The minimum Gasteiger partial charge on any atom is -0.383 e. The maximum atomic E-state index is 5.00. The molecule has 0 unspecified atom stereocenters. The van der Waals surface area contributed by atoms with Crippen molar-refractivity contribution >= 4 is 5.82 Å². The zero-order valence-electron chi connectivity index (χ0n) is 12.8. The van der Waals surface area contributed by atoms with Gasteiger partial charge >= 0.3 is 0 Å². The summed E-state index contributed by atoms with van der Waals surface area (Å²) in [6.45, 7) is 8.30. The van der Waals surface area contributed by atoms with Gasteiger partial charge in [-0.1, -0.05) is 0 Å². The fourth-order valence-electron chi connectivity index (χ4n) is 2.63. The molecule has 1 aliphatic heterocycles. The highest BCUT2D eigenvalue weighted by Gasteiger charge is 2.22. The number of rotatable bonds is 6. The number of nitrogens with one attached hydrogen (secondary N) is 1. The minimum absolute atomic E-state index is 0.561. The molecule has 2 heterocycles. The number of aromatic nitrogens is 2. The topological polar surface area (TPSA) is 50.3 Å². The summed E-state index contributed by atoms with van der Waals surface area (Å²) in [7, 11) is 1.69. The zero-order chi connectivity index (χ0) is 14.4. The molecule has 1 N–H and O–H groups in total. The maximum absolute atomic E-state index is 5.00. The SMILES string of the molecule is COCCNc1cnc(C2CCN(C(C)C)CC2)cn1. The fourth-order valence-corrected chi connectivity index (χ4v) is 2.63. The fraction of sp³-hybridized carbons (Fsp3) is 0.733. The summed E-state index contributed by atoms with van der Waals surface area (Å²) in [4.78, 5) is 11.5. The van der Waals surface area contributed by atoms with Crippen molar-refractivity contribution in [2.75, 3.05) is 38.7 Å². The highest BCUT2D eigenvalue weighted by Crippen LogP contribution is 2.27. The molecule has 1 fully saturated rings. The standard InChI is InChI=1S/C15H26N4O/c1-12(2)19-7-4-13(5-8-19)14-10-18-15(11-17-14)16-6-9-20-3/h10-13H,4-9H2,1-3H3,(H,16,18). The molecule has 0 atom stereocenters. The van der Waals surface area contributed by atoms with Crippen molar-refractivity contribution < 1.29 is 4.74 Å². The summed E-state index contributed by atoms with van der Waals surface area (Å²) in [5.74, 6) is 1.39. The smallest absolute Gasteiger partial charge is 0.144 e. The van der Waals surface area contributed by atoms with Crippen LogP contribution in [-0.4, -0.2) is 54.3 Å². The van der Waals surface area contributed by atoms with Crippen molar-refractivity contribution in [2.24, 2.45) is 0 Å². The van der Waals surface area contributed by atoms with Crippen LogP contribution in [0.25, 0.3) is 0 Å². The average Bonchev–Trinajstić information content (AvgIpc) is 2.48. The first-order chi connectivity index (χ1) is 9.70. The van der Waals surface area contributed by atoms with E-state index in [0.29, 0.717) is 18.6 Å². The molecule has 1 aromatic rings. The highest BCUT2D eigenvalue weighted by molar-refractivity contribution is 5.31. The Labute approximate surface area is 121 Å². The first kappa shape index (κ1) is 15.2. The molecule has 0 radical (unpaired) electrons. The molecule has 0 aliphatic carbocycles. The van der Waals surface area contributed by atoms with Crippen LogP contribution in [0.4, 0.5) is 5.82 Å². The normalized spacial score (nSPS) is 17.6. The molecule has 5 heteroatoms. The van der Waals surface area contributed by atoms with Crippen molar-refractivity contribution in [3.8, 4) is 0 Å². The molecule has 0 bridgehead atoms. The lowest BCUT2D eigenvalue weighted by Crippen LogP contribution is -2.38. The van der Waals surface area contributed by atoms with Crippen LogP contribution in [-0.2, 0) is 4.74 Å². The second-order valence-electron chi connectivity index (χ2n) is 5.65. The third kappa shape index (κ3) is 4.15. The Morgan fingerprint density at radius 1 is 1.30 bits per heavy atom. The summed E-state index contributed by atoms with van der Waals surface area (Å²) in [6, 6.07) is 0.648. The summed E-state index contributed by atoms with van der Waals surface area (Å²) >= 11 is 0.